The molecule has 1 amide bonds. The van der Waals surface area contributed by atoms with Crippen LogP contribution in [0.4, 0.5) is 0 Å². The summed E-state index contributed by atoms with van der Waals surface area (Å²) in [5, 5.41) is 6.98. The number of amides is 1. The molecular formula is C15H19N5O3. The molecule has 3 heterocycles. The molecule has 1 N–H and O–H groups in total. The van der Waals surface area contributed by atoms with Gasteiger partial charge >= 0.3 is 0 Å². The average Bonchev–Trinajstić information content (AvgIpc) is 3.15. The Morgan fingerprint density at radius 1 is 1.48 bits per heavy atom. The highest BCUT2D eigenvalue weighted by Gasteiger charge is 2.35. The SMILES string of the molecule is COCC(=O)N[C@H]1C[C@@H](c2nc(-c3ccncc3)no2)N(C)C1. The first-order valence-corrected chi connectivity index (χ1v) is 7.40. The highest BCUT2D eigenvalue weighted by atomic mass is 16.5. The lowest BCUT2D eigenvalue weighted by atomic mass is 10.1. The fraction of sp³-hybridized carbons (Fsp3) is 0.467. The summed E-state index contributed by atoms with van der Waals surface area (Å²) in [6.07, 6.45) is 4.10. The summed E-state index contributed by atoms with van der Waals surface area (Å²) in [6, 6.07) is 3.71. The normalized spacial score (nSPS) is 21.5. The van der Waals surface area contributed by atoms with Crippen LogP contribution in [0.5, 0.6) is 0 Å². The zero-order chi connectivity index (χ0) is 16.2. The summed E-state index contributed by atoms with van der Waals surface area (Å²) >= 11 is 0. The molecule has 0 saturated carbocycles. The van der Waals surface area contributed by atoms with E-state index in [9.17, 15) is 4.79 Å². The standard InChI is InChI=1S/C15H19N5O3/c1-20-8-11(17-13(21)9-22-2)7-12(20)15-18-14(19-23-15)10-3-5-16-6-4-10/h3-6,11-12H,7-9H2,1-2H3,(H,17,21)/t11-,12-/m0/s1. The van der Waals surface area contributed by atoms with Gasteiger partial charge in [0.1, 0.15) is 6.61 Å². The van der Waals surface area contributed by atoms with Crippen molar-refractivity contribution in [2.75, 3.05) is 27.3 Å². The molecule has 2 aromatic heterocycles. The Morgan fingerprint density at radius 2 is 2.26 bits per heavy atom. The van der Waals surface area contributed by atoms with E-state index in [-0.39, 0.29) is 24.6 Å². The lowest BCUT2D eigenvalue weighted by Gasteiger charge is -2.14. The number of ether oxygens (including phenoxy) is 1. The van der Waals surface area contributed by atoms with Crippen LogP contribution in [0.1, 0.15) is 18.4 Å². The van der Waals surface area contributed by atoms with Crippen molar-refractivity contribution in [1.82, 2.24) is 25.3 Å². The maximum absolute atomic E-state index is 11.6. The maximum Gasteiger partial charge on any atom is 0.246 e. The molecule has 23 heavy (non-hydrogen) atoms. The minimum Gasteiger partial charge on any atom is -0.375 e. The van der Waals surface area contributed by atoms with Gasteiger partial charge in [-0.25, -0.2) is 0 Å². The highest BCUT2D eigenvalue weighted by Crippen LogP contribution is 2.30. The molecule has 8 nitrogen and oxygen atoms in total. The molecule has 0 bridgehead atoms. The predicted molar refractivity (Wildman–Crippen MR) is 81.3 cm³/mol. The Labute approximate surface area is 133 Å². The van der Waals surface area contributed by atoms with Crippen molar-refractivity contribution in [2.24, 2.45) is 0 Å². The molecule has 0 unspecified atom stereocenters. The van der Waals surface area contributed by atoms with Crippen molar-refractivity contribution in [3.05, 3.63) is 30.4 Å². The topological polar surface area (TPSA) is 93.4 Å². The van der Waals surface area contributed by atoms with Crippen LogP contribution in [-0.2, 0) is 9.53 Å². The highest BCUT2D eigenvalue weighted by molar-refractivity contribution is 5.77. The molecule has 2 aromatic rings. The molecule has 1 saturated heterocycles. The van der Waals surface area contributed by atoms with Gasteiger partial charge in [-0.1, -0.05) is 5.16 Å². The number of likely N-dealkylation sites (tertiary alicyclic amines) is 1. The molecule has 0 radical (unpaired) electrons. The Hall–Kier alpha value is -2.32. The van der Waals surface area contributed by atoms with Crippen LogP contribution in [0, 0.1) is 0 Å². The quantitative estimate of drug-likeness (QED) is 0.865. The van der Waals surface area contributed by atoms with Crippen molar-refractivity contribution in [3.8, 4) is 11.4 Å². The second-order valence-electron chi connectivity index (χ2n) is 5.58. The summed E-state index contributed by atoms with van der Waals surface area (Å²) in [5.74, 6) is 0.986. The zero-order valence-electron chi connectivity index (χ0n) is 13.1. The fourth-order valence-electron chi connectivity index (χ4n) is 2.78. The van der Waals surface area contributed by atoms with E-state index in [1.807, 2.05) is 19.2 Å². The van der Waals surface area contributed by atoms with Gasteiger partial charge in [0.05, 0.1) is 6.04 Å². The number of rotatable bonds is 5. The third-order valence-corrected chi connectivity index (χ3v) is 3.85. The molecule has 1 aliphatic rings. The number of nitrogens with one attached hydrogen (secondary N) is 1. The molecule has 0 spiro atoms. The Bertz CT molecular complexity index is 660. The van der Waals surface area contributed by atoms with Crippen LogP contribution in [0.25, 0.3) is 11.4 Å². The Kier molecular flexibility index (Phi) is 4.63. The molecule has 8 heteroatoms. The second kappa shape index (κ2) is 6.84. The van der Waals surface area contributed by atoms with E-state index in [4.69, 9.17) is 9.26 Å². The molecule has 122 valence electrons. The van der Waals surface area contributed by atoms with E-state index in [1.165, 1.54) is 7.11 Å². The minimum absolute atomic E-state index is 0.00840. The van der Waals surface area contributed by atoms with Gasteiger partial charge in [0.15, 0.2) is 0 Å². The number of aromatic nitrogens is 3. The molecule has 1 fully saturated rings. The monoisotopic (exact) mass is 317 g/mol. The minimum atomic E-state index is -0.116. The second-order valence-corrected chi connectivity index (χ2v) is 5.58. The maximum atomic E-state index is 11.6. The lowest BCUT2D eigenvalue weighted by molar-refractivity contribution is -0.125. The van der Waals surface area contributed by atoms with Crippen LogP contribution < -0.4 is 5.32 Å². The van der Waals surface area contributed by atoms with E-state index >= 15 is 0 Å². The number of methoxy groups -OCH3 is 1. The number of nitrogens with zero attached hydrogens (tertiary/aromatic N) is 4. The lowest BCUT2D eigenvalue weighted by Crippen LogP contribution is -2.38. The molecule has 0 aliphatic carbocycles. The van der Waals surface area contributed by atoms with Gasteiger partial charge in [-0.15, -0.1) is 0 Å². The summed E-state index contributed by atoms with van der Waals surface area (Å²) in [5.41, 5.74) is 0.862. The van der Waals surface area contributed by atoms with Crippen LogP contribution in [0.15, 0.2) is 29.0 Å². The largest absolute Gasteiger partial charge is 0.375 e. The first-order valence-electron chi connectivity index (χ1n) is 7.40. The van der Waals surface area contributed by atoms with E-state index in [1.54, 1.807) is 12.4 Å². The molecular weight excluding hydrogens is 298 g/mol. The van der Waals surface area contributed by atoms with Crippen LogP contribution >= 0.6 is 0 Å². The summed E-state index contributed by atoms with van der Waals surface area (Å²) in [7, 11) is 3.48. The smallest absolute Gasteiger partial charge is 0.246 e. The number of hydrogen-bond acceptors (Lipinski definition) is 7. The Balaban J connectivity index is 1.68. The van der Waals surface area contributed by atoms with Crippen molar-refractivity contribution >= 4 is 5.91 Å². The van der Waals surface area contributed by atoms with Crippen molar-refractivity contribution in [2.45, 2.75) is 18.5 Å². The van der Waals surface area contributed by atoms with Gasteiger partial charge in [-0.05, 0) is 25.6 Å². The zero-order valence-corrected chi connectivity index (χ0v) is 13.1. The van der Waals surface area contributed by atoms with Gasteiger partial charge in [0.25, 0.3) is 0 Å². The van der Waals surface area contributed by atoms with E-state index in [2.05, 4.69) is 25.3 Å². The fourth-order valence-corrected chi connectivity index (χ4v) is 2.78. The molecule has 1 aliphatic heterocycles. The first-order chi connectivity index (χ1) is 11.2. The number of carbonyl (C=O) groups excluding carboxylic acids is 1. The van der Waals surface area contributed by atoms with Gasteiger partial charge in [0.2, 0.25) is 17.6 Å². The summed E-state index contributed by atoms with van der Waals surface area (Å²) < 4.78 is 10.2. The average molecular weight is 317 g/mol. The van der Waals surface area contributed by atoms with Crippen molar-refractivity contribution < 1.29 is 14.1 Å². The third-order valence-electron chi connectivity index (χ3n) is 3.85. The summed E-state index contributed by atoms with van der Waals surface area (Å²) in [6.45, 7) is 0.796. The van der Waals surface area contributed by atoms with Crippen LogP contribution in [-0.4, -0.2) is 59.3 Å². The summed E-state index contributed by atoms with van der Waals surface area (Å²) in [4.78, 5) is 22.2. The van der Waals surface area contributed by atoms with Gasteiger partial charge < -0.3 is 14.6 Å². The Morgan fingerprint density at radius 3 is 3.00 bits per heavy atom. The van der Waals surface area contributed by atoms with Gasteiger partial charge in [0, 0.05) is 37.7 Å². The number of pyridine rings is 1. The van der Waals surface area contributed by atoms with Gasteiger partial charge in [-0.3, -0.25) is 14.7 Å². The molecule has 2 atom stereocenters. The first kappa shape index (κ1) is 15.6. The van der Waals surface area contributed by atoms with Crippen LogP contribution in [0.2, 0.25) is 0 Å². The molecule has 0 aromatic carbocycles. The number of hydrogen-bond donors (Lipinski definition) is 1. The van der Waals surface area contributed by atoms with Crippen molar-refractivity contribution in [3.63, 3.8) is 0 Å². The van der Waals surface area contributed by atoms with Crippen molar-refractivity contribution in [1.29, 1.82) is 0 Å². The third kappa shape index (κ3) is 3.54. The number of likely N-dealkylation sites (N-methyl/N-ethyl adjacent to an activating group) is 1. The van der Waals surface area contributed by atoms with Crippen LogP contribution in [0.3, 0.4) is 0 Å². The number of carbonyl (C=O) groups is 1. The van der Waals surface area contributed by atoms with Gasteiger partial charge in [-0.2, -0.15) is 4.98 Å². The molecule has 3 rings (SSSR count). The van der Waals surface area contributed by atoms with E-state index in [0.717, 1.165) is 18.5 Å². The predicted octanol–water partition coefficient (Wildman–Crippen LogP) is 0.639. The van der Waals surface area contributed by atoms with E-state index < -0.39 is 0 Å². The van der Waals surface area contributed by atoms with E-state index in [0.29, 0.717) is 11.7 Å².